The molecule has 7 heteroatoms. The van der Waals surface area contributed by atoms with Crippen molar-refractivity contribution < 1.29 is 9.13 Å². The Labute approximate surface area is 99.0 Å². The lowest BCUT2D eigenvalue weighted by Crippen LogP contribution is -2.25. The molecule has 0 amide bonds. The Morgan fingerprint density at radius 1 is 1.47 bits per heavy atom. The zero-order chi connectivity index (χ0) is 12.1. The Kier molecular flexibility index (Phi) is 4.05. The van der Waals surface area contributed by atoms with Crippen molar-refractivity contribution in [3.8, 4) is 5.88 Å². The molecule has 1 fully saturated rings. The largest absolute Gasteiger partial charge is 0.474 e. The molecule has 0 saturated carbocycles. The number of nitrogens with one attached hydrogen (secondary N) is 1. The van der Waals surface area contributed by atoms with E-state index < -0.39 is 5.82 Å². The Bertz CT molecular complexity index is 370. The van der Waals surface area contributed by atoms with Crippen LogP contribution in [0.25, 0.3) is 0 Å². The molecule has 1 aromatic rings. The van der Waals surface area contributed by atoms with Gasteiger partial charge < -0.3 is 4.74 Å². The van der Waals surface area contributed by atoms with Crippen molar-refractivity contribution in [2.45, 2.75) is 12.8 Å². The van der Waals surface area contributed by atoms with Crippen LogP contribution < -0.4 is 16.0 Å². The van der Waals surface area contributed by atoms with E-state index in [0.29, 0.717) is 6.61 Å². The number of nitrogen functional groups attached to an aromatic ring is 1. The maximum absolute atomic E-state index is 13.3. The van der Waals surface area contributed by atoms with Crippen molar-refractivity contribution >= 4 is 5.95 Å². The predicted octanol–water partition coefficient (Wildman–Crippen LogP) is 0.376. The van der Waals surface area contributed by atoms with Crippen LogP contribution in [0.5, 0.6) is 5.88 Å². The highest BCUT2D eigenvalue weighted by molar-refractivity contribution is 5.26. The summed E-state index contributed by atoms with van der Waals surface area (Å²) in [7, 11) is 0. The Morgan fingerprint density at radius 2 is 2.24 bits per heavy atom. The molecule has 0 radical (unpaired) electrons. The van der Waals surface area contributed by atoms with Crippen LogP contribution in [-0.2, 0) is 0 Å². The molecule has 0 bridgehead atoms. The van der Waals surface area contributed by atoms with E-state index >= 15 is 0 Å². The normalized spacial score (nSPS) is 16.1. The van der Waals surface area contributed by atoms with Crippen molar-refractivity contribution in [3.63, 3.8) is 0 Å². The standard InChI is InChI=1S/C10H16FN5O/c11-8-7-13-10(15-12)14-9(8)17-6-5-16-3-1-2-4-16/h7H,1-6,12H2,(H,13,14,15). The van der Waals surface area contributed by atoms with Gasteiger partial charge in [0.25, 0.3) is 5.88 Å². The molecular weight excluding hydrogens is 225 g/mol. The maximum Gasteiger partial charge on any atom is 0.255 e. The first-order chi connectivity index (χ1) is 8.29. The van der Waals surface area contributed by atoms with Gasteiger partial charge in [0.05, 0.1) is 6.20 Å². The SMILES string of the molecule is NNc1ncc(F)c(OCCN2CCCC2)n1. The summed E-state index contributed by atoms with van der Waals surface area (Å²) >= 11 is 0. The fourth-order valence-electron chi connectivity index (χ4n) is 1.80. The summed E-state index contributed by atoms with van der Waals surface area (Å²) in [5.74, 6) is 4.64. The van der Waals surface area contributed by atoms with Gasteiger partial charge in [0.15, 0.2) is 0 Å². The van der Waals surface area contributed by atoms with Crippen LogP contribution in [0.3, 0.4) is 0 Å². The van der Waals surface area contributed by atoms with Gasteiger partial charge in [-0.3, -0.25) is 10.3 Å². The first kappa shape index (κ1) is 12.0. The number of halogens is 1. The van der Waals surface area contributed by atoms with Crippen LogP contribution in [0.1, 0.15) is 12.8 Å². The highest BCUT2D eigenvalue weighted by atomic mass is 19.1. The average Bonchev–Trinajstić information content (AvgIpc) is 2.84. The van der Waals surface area contributed by atoms with Gasteiger partial charge in [0, 0.05) is 6.54 Å². The molecule has 0 unspecified atom stereocenters. The topological polar surface area (TPSA) is 76.3 Å². The molecule has 94 valence electrons. The van der Waals surface area contributed by atoms with Crippen LogP contribution in [-0.4, -0.2) is 41.1 Å². The van der Waals surface area contributed by atoms with Crippen molar-refractivity contribution in [3.05, 3.63) is 12.0 Å². The van der Waals surface area contributed by atoms with Crippen molar-refractivity contribution in [1.29, 1.82) is 0 Å². The molecule has 0 aliphatic carbocycles. The van der Waals surface area contributed by atoms with Crippen molar-refractivity contribution in [2.75, 3.05) is 31.7 Å². The molecule has 1 aromatic heterocycles. The van der Waals surface area contributed by atoms with Crippen LogP contribution in [0.2, 0.25) is 0 Å². The molecule has 3 N–H and O–H groups in total. The highest BCUT2D eigenvalue weighted by Gasteiger charge is 2.12. The minimum Gasteiger partial charge on any atom is -0.474 e. The van der Waals surface area contributed by atoms with Gasteiger partial charge in [-0.2, -0.15) is 9.37 Å². The lowest BCUT2D eigenvalue weighted by atomic mass is 10.4. The number of hydrazine groups is 1. The number of nitrogens with zero attached hydrogens (tertiary/aromatic N) is 3. The van der Waals surface area contributed by atoms with Crippen LogP contribution in [0.15, 0.2) is 6.20 Å². The third-order valence-corrected chi connectivity index (χ3v) is 2.69. The molecule has 17 heavy (non-hydrogen) atoms. The summed E-state index contributed by atoms with van der Waals surface area (Å²) in [6.45, 7) is 3.38. The second kappa shape index (κ2) is 5.74. The molecule has 2 rings (SSSR count). The summed E-state index contributed by atoms with van der Waals surface area (Å²) < 4.78 is 18.6. The molecule has 1 saturated heterocycles. The Balaban J connectivity index is 1.84. The number of nitrogens with two attached hydrogens (primary N) is 1. The second-order valence-corrected chi connectivity index (χ2v) is 3.89. The van der Waals surface area contributed by atoms with Gasteiger partial charge in [0.1, 0.15) is 6.61 Å². The molecule has 0 spiro atoms. The van der Waals surface area contributed by atoms with Gasteiger partial charge in [-0.25, -0.2) is 10.8 Å². The molecule has 2 heterocycles. The number of rotatable bonds is 5. The summed E-state index contributed by atoms with van der Waals surface area (Å²) in [5.41, 5.74) is 2.25. The lowest BCUT2D eigenvalue weighted by molar-refractivity contribution is 0.224. The minimum absolute atomic E-state index is 0.0628. The van der Waals surface area contributed by atoms with E-state index in [1.54, 1.807) is 0 Å². The van der Waals surface area contributed by atoms with Crippen LogP contribution in [0, 0.1) is 5.82 Å². The quantitative estimate of drug-likeness (QED) is 0.573. The average molecular weight is 241 g/mol. The third kappa shape index (κ3) is 3.24. The fourth-order valence-corrected chi connectivity index (χ4v) is 1.80. The number of hydrogen-bond donors (Lipinski definition) is 2. The smallest absolute Gasteiger partial charge is 0.255 e. The molecule has 6 nitrogen and oxygen atoms in total. The van der Waals surface area contributed by atoms with Crippen molar-refractivity contribution in [2.24, 2.45) is 5.84 Å². The summed E-state index contributed by atoms with van der Waals surface area (Å²) in [6.07, 6.45) is 3.49. The van der Waals surface area contributed by atoms with Crippen molar-refractivity contribution in [1.82, 2.24) is 14.9 Å². The zero-order valence-electron chi connectivity index (χ0n) is 9.53. The summed E-state index contributed by atoms with van der Waals surface area (Å²) in [6, 6.07) is 0. The van der Waals surface area contributed by atoms with E-state index in [9.17, 15) is 4.39 Å². The van der Waals surface area contributed by atoms with E-state index in [0.717, 1.165) is 25.8 Å². The summed E-state index contributed by atoms with van der Waals surface area (Å²) in [5, 5.41) is 0. The molecule has 0 atom stereocenters. The number of aromatic nitrogens is 2. The number of anilines is 1. The Hall–Kier alpha value is -1.47. The summed E-state index contributed by atoms with van der Waals surface area (Å²) in [4.78, 5) is 9.70. The molecule has 0 aromatic carbocycles. The lowest BCUT2D eigenvalue weighted by Gasteiger charge is -2.14. The van der Waals surface area contributed by atoms with Gasteiger partial charge in [-0.15, -0.1) is 0 Å². The van der Waals surface area contributed by atoms with Gasteiger partial charge in [-0.1, -0.05) is 0 Å². The predicted molar refractivity (Wildman–Crippen MR) is 61.0 cm³/mol. The van der Waals surface area contributed by atoms with Crippen LogP contribution in [0.4, 0.5) is 10.3 Å². The highest BCUT2D eigenvalue weighted by Crippen LogP contribution is 2.14. The molecule has 1 aliphatic rings. The monoisotopic (exact) mass is 241 g/mol. The number of ether oxygens (including phenoxy) is 1. The first-order valence-corrected chi connectivity index (χ1v) is 5.64. The van der Waals surface area contributed by atoms with Gasteiger partial charge in [-0.05, 0) is 25.9 Å². The second-order valence-electron chi connectivity index (χ2n) is 3.89. The van der Waals surface area contributed by atoms with E-state index in [2.05, 4.69) is 20.3 Å². The Morgan fingerprint density at radius 3 is 2.94 bits per heavy atom. The third-order valence-electron chi connectivity index (χ3n) is 2.69. The van der Waals surface area contributed by atoms with E-state index in [4.69, 9.17) is 10.6 Å². The molecular formula is C10H16FN5O. The van der Waals surface area contributed by atoms with Gasteiger partial charge in [0.2, 0.25) is 11.8 Å². The maximum atomic E-state index is 13.3. The van der Waals surface area contributed by atoms with Crippen LogP contribution >= 0.6 is 0 Å². The number of likely N-dealkylation sites (tertiary alicyclic amines) is 1. The van der Waals surface area contributed by atoms with E-state index in [-0.39, 0.29) is 11.8 Å². The van der Waals surface area contributed by atoms with E-state index in [1.807, 2.05) is 0 Å². The zero-order valence-corrected chi connectivity index (χ0v) is 9.53. The fraction of sp³-hybridized carbons (Fsp3) is 0.600. The minimum atomic E-state index is -0.578. The van der Waals surface area contributed by atoms with Gasteiger partial charge >= 0.3 is 0 Å². The first-order valence-electron chi connectivity index (χ1n) is 5.64. The number of hydrogen-bond acceptors (Lipinski definition) is 6. The van der Waals surface area contributed by atoms with E-state index in [1.165, 1.54) is 12.8 Å². The molecule has 1 aliphatic heterocycles.